The van der Waals surface area contributed by atoms with E-state index < -0.39 is 0 Å². The van der Waals surface area contributed by atoms with Gasteiger partial charge in [0.15, 0.2) is 0 Å². The van der Waals surface area contributed by atoms with Gasteiger partial charge in [0.2, 0.25) is 0 Å². The Kier molecular flexibility index (Phi) is 3.94. The predicted molar refractivity (Wildman–Crippen MR) is 68.5 cm³/mol. The number of fused-ring (bicyclic) bond motifs is 1. The van der Waals surface area contributed by atoms with Crippen molar-refractivity contribution in [2.45, 2.75) is 13.8 Å². The van der Waals surface area contributed by atoms with Crippen LogP contribution in [0, 0.1) is 6.92 Å². The number of benzene rings is 1. The summed E-state index contributed by atoms with van der Waals surface area (Å²) in [7, 11) is 0. The van der Waals surface area contributed by atoms with E-state index in [1.807, 2.05) is 38.1 Å². The average molecular weight is 231 g/mol. The first-order valence-electron chi connectivity index (χ1n) is 5.88. The quantitative estimate of drug-likeness (QED) is 0.741. The van der Waals surface area contributed by atoms with E-state index in [-0.39, 0.29) is 0 Å². The Morgan fingerprint density at radius 3 is 2.82 bits per heavy atom. The van der Waals surface area contributed by atoms with E-state index in [0.717, 1.165) is 29.0 Å². The highest BCUT2D eigenvalue weighted by Crippen LogP contribution is 2.23. The Bertz CT molecular complexity index is 497. The molecule has 1 heterocycles. The second-order valence-electron chi connectivity index (χ2n) is 3.83. The second-order valence-corrected chi connectivity index (χ2v) is 3.83. The van der Waals surface area contributed by atoms with Gasteiger partial charge in [-0.25, -0.2) is 4.98 Å². The Balaban J connectivity index is 2.18. The lowest BCUT2D eigenvalue weighted by atomic mass is 10.2. The van der Waals surface area contributed by atoms with Crippen molar-refractivity contribution in [1.82, 2.24) is 4.98 Å². The van der Waals surface area contributed by atoms with Crippen molar-refractivity contribution < 1.29 is 9.47 Å². The molecule has 0 bridgehead atoms. The topological polar surface area (TPSA) is 31.4 Å². The summed E-state index contributed by atoms with van der Waals surface area (Å²) in [5.74, 6) is 0.825. The fourth-order valence-electron chi connectivity index (χ4n) is 1.69. The molecule has 0 aliphatic heterocycles. The first-order valence-corrected chi connectivity index (χ1v) is 5.88. The first-order chi connectivity index (χ1) is 8.31. The lowest BCUT2D eigenvalue weighted by Gasteiger charge is -2.09. The van der Waals surface area contributed by atoms with Gasteiger partial charge in [0.05, 0.1) is 6.61 Å². The van der Waals surface area contributed by atoms with Crippen LogP contribution in [-0.2, 0) is 4.74 Å². The van der Waals surface area contributed by atoms with Crippen LogP contribution in [-0.4, -0.2) is 24.8 Å². The highest BCUT2D eigenvalue weighted by molar-refractivity contribution is 5.84. The van der Waals surface area contributed by atoms with Crippen LogP contribution in [0.5, 0.6) is 5.75 Å². The van der Waals surface area contributed by atoms with Gasteiger partial charge >= 0.3 is 0 Å². The number of para-hydroxylation sites is 1. The number of aromatic nitrogens is 1. The highest BCUT2D eigenvalue weighted by Gasteiger charge is 2.03. The van der Waals surface area contributed by atoms with Crippen molar-refractivity contribution in [3.8, 4) is 5.75 Å². The molecular formula is C14H17NO2. The minimum atomic E-state index is 0.558. The molecule has 0 amide bonds. The van der Waals surface area contributed by atoms with Crippen LogP contribution in [0.1, 0.15) is 12.6 Å². The number of nitrogens with zero attached hydrogens (tertiary/aromatic N) is 1. The number of pyridine rings is 1. The van der Waals surface area contributed by atoms with Crippen molar-refractivity contribution in [3.05, 3.63) is 36.0 Å². The first kappa shape index (κ1) is 11.9. The molecular weight excluding hydrogens is 214 g/mol. The van der Waals surface area contributed by atoms with Gasteiger partial charge < -0.3 is 9.47 Å². The predicted octanol–water partition coefficient (Wildman–Crippen LogP) is 2.96. The average Bonchev–Trinajstić information content (AvgIpc) is 2.35. The largest absolute Gasteiger partial charge is 0.489 e. The van der Waals surface area contributed by atoms with Crippen molar-refractivity contribution in [2.75, 3.05) is 19.8 Å². The second kappa shape index (κ2) is 5.64. The fourth-order valence-corrected chi connectivity index (χ4v) is 1.69. The van der Waals surface area contributed by atoms with Gasteiger partial charge in [-0.15, -0.1) is 0 Å². The summed E-state index contributed by atoms with van der Waals surface area (Å²) in [6, 6.07) is 10.0. The van der Waals surface area contributed by atoms with Gasteiger partial charge in [-0.3, -0.25) is 0 Å². The third-order valence-electron chi connectivity index (χ3n) is 2.51. The van der Waals surface area contributed by atoms with Gasteiger partial charge in [-0.05, 0) is 26.0 Å². The molecule has 17 heavy (non-hydrogen) atoms. The standard InChI is InChI=1S/C14H17NO2/c1-3-16-9-10-17-13-6-4-5-12-8-7-11(2)15-14(12)13/h4-8H,3,9-10H2,1-2H3. The van der Waals surface area contributed by atoms with Gasteiger partial charge in [-0.1, -0.05) is 18.2 Å². The van der Waals surface area contributed by atoms with Gasteiger partial charge in [0, 0.05) is 17.7 Å². The maximum absolute atomic E-state index is 5.69. The molecule has 1 aromatic carbocycles. The van der Waals surface area contributed by atoms with Crippen molar-refractivity contribution in [1.29, 1.82) is 0 Å². The van der Waals surface area contributed by atoms with Crippen LogP contribution < -0.4 is 4.74 Å². The van der Waals surface area contributed by atoms with Crippen molar-refractivity contribution in [2.24, 2.45) is 0 Å². The third-order valence-corrected chi connectivity index (χ3v) is 2.51. The summed E-state index contributed by atoms with van der Waals surface area (Å²) in [5.41, 5.74) is 1.92. The lowest BCUT2D eigenvalue weighted by Crippen LogP contribution is -2.06. The molecule has 0 aliphatic rings. The molecule has 90 valence electrons. The van der Waals surface area contributed by atoms with E-state index in [4.69, 9.17) is 9.47 Å². The fraction of sp³-hybridized carbons (Fsp3) is 0.357. The van der Waals surface area contributed by atoms with Gasteiger partial charge in [0.25, 0.3) is 0 Å². The highest BCUT2D eigenvalue weighted by atomic mass is 16.5. The number of aryl methyl sites for hydroxylation is 1. The molecule has 3 heteroatoms. The maximum Gasteiger partial charge on any atom is 0.145 e. The number of ether oxygens (including phenoxy) is 2. The summed E-state index contributed by atoms with van der Waals surface area (Å²) in [6.45, 7) is 5.84. The molecule has 2 rings (SSSR count). The molecule has 0 aliphatic carbocycles. The summed E-state index contributed by atoms with van der Waals surface area (Å²) < 4.78 is 10.9. The van der Waals surface area contributed by atoms with Crippen molar-refractivity contribution >= 4 is 10.9 Å². The molecule has 3 nitrogen and oxygen atoms in total. The van der Waals surface area contributed by atoms with Gasteiger partial charge in [0.1, 0.15) is 17.9 Å². The smallest absolute Gasteiger partial charge is 0.145 e. The molecule has 0 radical (unpaired) electrons. The monoisotopic (exact) mass is 231 g/mol. The molecule has 0 fully saturated rings. The number of hydrogen-bond donors (Lipinski definition) is 0. The Morgan fingerprint density at radius 1 is 1.12 bits per heavy atom. The van der Waals surface area contributed by atoms with Crippen LogP contribution in [0.15, 0.2) is 30.3 Å². The van der Waals surface area contributed by atoms with E-state index in [1.165, 1.54) is 0 Å². The molecule has 0 atom stereocenters. The van der Waals surface area contributed by atoms with E-state index >= 15 is 0 Å². The van der Waals surface area contributed by atoms with Crippen LogP contribution >= 0.6 is 0 Å². The van der Waals surface area contributed by atoms with E-state index in [0.29, 0.717) is 13.2 Å². The summed E-state index contributed by atoms with van der Waals surface area (Å²) in [4.78, 5) is 4.51. The third kappa shape index (κ3) is 2.94. The Morgan fingerprint density at radius 2 is 2.00 bits per heavy atom. The lowest BCUT2D eigenvalue weighted by molar-refractivity contribution is 0.110. The summed E-state index contributed by atoms with van der Waals surface area (Å²) in [6.07, 6.45) is 0. The van der Waals surface area contributed by atoms with E-state index in [2.05, 4.69) is 11.1 Å². The molecule has 0 spiro atoms. The Labute approximate surface area is 101 Å². The zero-order valence-corrected chi connectivity index (χ0v) is 10.3. The van der Waals surface area contributed by atoms with E-state index in [9.17, 15) is 0 Å². The molecule has 0 saturated heterocycles. The number of rotatable bonds is 5. The minimum Gasteiger partial charge on any atom is -0.489 e. The van der Waals surface area contributed by atoms with Crippen LogP contribution in [0.3, 0.4) is 0 Å². The zero-order chi connectivity index (χ0) is 12.1. The van der Waals surface area contributed by atoms with Crippen LogP contribution in [0.2, 0.25) is 0 Å². The van der Waals surface area contributed by atoms with Crippen LogP contribution in [0.25, 0.3) is 10.9 Å². The normalized spacial score (nSPS) is 10.7. The molecule has 2 aromatic rings. The van der Waals surface area contributed by atoms with Crippen molar-refractivity contribution in [3.63, 3.8) is 0 Å². The molecule has 0 unspecified atom stereocenters. The van der Waals surface area contributed by atoms with Crippen LogP contribution in [0.4, 0.5) is 0 Å². The summed E-state index contributed by atoms with van der Waals surface area (Å²) in [5, 5.41) is 1.10. The molecule has 0 saturated carbocycles. The van der Waals surface area contributed by atoms with Gasteiger partial charge in [-0.2, -0.15) is 0 Å². The molecule has 0 N–H and O–H groups in total. The Hall–Kier alpha value is -1.61. The SMILES string of the molecule is CCOCCOc1cccc2ccc(C)nc12. The van der Waals surface area contributed by atoms with E-state index in [1.54, 1.807) is 0 Å². The maximum atomic E-state index is 5.69. The summed E-state index contributed by atoms with van der Waals surface area (Å²) >= 11 is 0. The number of hydrogen-bond acceptors (Lipinski definition) is 3. The zero-order valence-electron chi connectivity index (χ0n) is 10.3. The minimum absolute atomic E-state index is 0.558. The molecule has 1 aromatic heterocycles.